The summed E-state index contributed by atoms with van der Waals surface area (Å²) in [6.45, 7) is 1.06. The number of methoxy groups -OCH3 is 1. The highest BCUT2D eigenvalue weighted by Gasteiger charge is 1.99. The SMILES string of the molecule is COC(=O)CCSCCN(C)C. The fourth-order valence-corrected chi connectivity index (χ4v) is 1.62. The van der Waals surface area contributed by atoms with Crippen molar-refractivity contribution in [1.29, 1.82) is 0 Å². The fraction of sp³-hybridized carbons (Fsp3) is 0.875. The van der Waals surface area contributed by atoms with Crippen molar-refractivity contribution in [3.8, 4) is 0 Å². The van der Waals surface area contributed by atoms with Crippen molar-refractivity contribution in [2.24, 2.45) is 0 Å². The molecule has 0 aliphatic carbocycles. The second-order valence-corrected chi connectivity index (χ2v) is 3.97. The van der Waals surface area contributed by atoms with Crippen molar-refractivity contribution in [2.75, 3.05) is 39.3 Å². The first-order valence-electron chi connectivity index (χ1n) is 3.96. The Balaban J connectivity index is 3.05. The molecule has 0 unspecified atom stereocenters. The minimum atomic E-state index is -0.118. The van der Waals surface area contributed by atoms with Crippen LogP contribution in [0.5, 0.6) is 0 Å². The van der Waals surface area contributed by atoms with Gasteiger partial charge in [-0.25, -0.2) is 0 Å². The summed E-state index contributed by atoms with van der Waals surface area (Å²) < 4.78 is 4.52. The van der Waals surface area contributed by atoms with E-state index in [0.717, 1.165) is 18.1 Å². The molecular formula is C8H17NO2S. The standard InChI is InChI=1S/C8H17NO2S/c1-9(2)5-7-12-6-4-8(10)11-3/h4-7H2,1-3H3. The van der Waals surface area contributed by atoms with E-state index < -0.39 is 0 Å². The quantitative estimate of drug-likeness (QED) is 0.460. The van der Waals surface area contributed by atoms with E-state index in [1.807, 2.05) is 14.1 Å². The Morgan fingerprint density at radius 2 is 2.08 bits per heavy atom. The van der Waals surface area contributed by atoms with E-state index in [4.69, 9.17) is 0 Å². The first-order chi connectivity index (χ1) is 5.66. The minimum absolute atomic E-state index is 0.118. The normalized spacial score (nSPS) is 10.3. The number of nitrogens with zero attached hydrogens (tertiary/aromatic N) is 1. The van der Waals surface area contributed by atoms with Gasteiger partial charge in [0, 0.05) is 18.1 Å². The van der Waals surface area contributed by atoms with Crippen LogP contribution in [-0.2, 0) is 9.53 Å². The zero-order valence-electron chi connectivity index (χ0n) is 8.00. The van der Waals surface area contributed by atoms with E-state index >= 15 is 0 Å². The molecule has 3 nitrogen and oxygen atoms in total. The number of carbonyl (C=O) groups excluding carboxylic acids is 1. The molecule has 72 valence electrons. The molecule has 0 N–H and O–H groups in total. The zero-order chi connectivity index (χ0) is 9.40. The van der Waals surface area contributed by atoms with E-state index in [1.54, 1.807) is 11.8 Å². The summed E-state index contributed by atoms with van der Waals surface area (Å²) in [5.74, 6) is 1.82. The molecule has 12 heavy (non-hydrogen) atoms. The number of carbonyl (C=O) groups is 1. The van der Waals surface area contributed by atoms with Crippen LogP contribution >= 0.6 is 11.8 Å². The lowest BCUT2D eigenvalue weighted by molar-refractivity contribution is -0.140. The molecule has 0 fully saturated rings. The van der Waals surface area contributed by atoms with Crippen molar-refractivity contribution < 1.29 is 9.53 Å². The van der Waals surface area contributed by atoms with Crippen LogP contribution in [0, 0.1) is 0 Å². The van der Waals surface area contributed by atoms with Gasteiger partial charge in [0.25, 0.3) is 0 Å². The van der Waals surface area contributed by atoms with Gasteiger partial charge in [0.15, 0.2) is 0 Å². The third-order valence-electron chi connectivity index (χ3n) is 1.36. The van der Waals surface area contributed by atoms with Crippen LogP contribution in [-0.4, -0.2) is 50.1 Å². The minimum Gasteiger partial charge on any atom is -0.469 e. The molecule has 0 aromatic heterocycles. The smallest absolute Gasteiger partial charge is 0.306 e. The predicted molar refractivity (Wildman–Crippen MR) is 52.5 cm³/mol. The maximum atomic E-state index is 10.7. The molecule has 0 atom stereocenters. The molecule has 0 radical (unpaired) electrons. The lowest BCUT2D eigenvalue weighted by atomic mass is 10.5. The molecule has 0 aromatic carbocycles. The lowest BCUT2D eigenvalue weighted by Crippen LogP contribution is -2.15. The maximum absolute atomic E-state index is 10.7. The molecule has 0 rings (SSSR count). The van der Waals surface area contributed by atoms with Gasteiger partial charge in [-0.3, -0.25) is 4.79 Å². The number of hydrogen-bond donors (Lipinski definition) is 0. The number of rotatable bonds is 6. The number of hydrogen-bond acceptors (Lipinski definition) is 4. The molecule has 0 aromatic rings. The molecule has 0 saturated carbocycles. The fourth-order valence-electron chi connectivity index (χ4n) is 0.607. The highest BCUT2D eigenvalue weighted by Crippen LogP contribution is 2.02. The summed E-state index contributed by atoms with van der Waals surface area (Å²) in [6.07, 6.45) is 0.522. The van der Waals surface area contributed by atoms with Gasteiger partial charge in [0.1, 0.15) is 0 Å². The van der Waals surface area contributed by atoms with Gasteiger partial charge in [0.2, 0.25) is 0 Å². The number of thioether (sulfide) groups is 1. The monoisotopic (exact) mass is 191 g/mol. The molecule has 0 amide bonds. The molecule has 0 heterocycles. The van der Waals surface area contributed by atoms with E-state index in [2.05, 4.69) is 9.64 Å². The third-order valence-corrected chi connectivity index (χ3v) is 2.33. The van der Waals surface area contributed by atoms with Gasteiger partial charge in [-0.15, -0.1) is 0 Å². The third kappa shape index (κ3) is 7.88. The van der Waals surface area contributed by atoms with Crippen molar-refractivity contribution in [3.63, 3.8) is 0 Å². The van der Waals surface area contributed by atoms with Crippen LogP contribution in [0.1, 0.15) is 6.42 Å². The van der Waals surface area contributed by atoms with Gasteiger partial charge >= 0.3 is 5.97 Å². The Morgan fingerprint density at radius 1 is 1.42 bits per heavy atom. The second-order valence-electron chi connectivity index (χ2n) is 2.74. The van der Waals surface area contributed by atoms with Gasteiger partial charge in [-0.05, 0) is 14.1 Å². The molecule has 0 bridgehead atoms. The molecule has 0 aliphatic heterocycles. The number of esters is 1. The summed E-state index contributed by atoms with van der Waals surface area (Å²) in [7, 11) is 5.51. The predicted octanol–water partition coefficient (Wildman–Crippen LogP) is 0.844. The van der Waals surface area contributed by atoms with Crippen LogP contribution in [0.4, 0.5) is 0 Å². The van der Waals surface area contributed by atoms with Crippen molar-refractivity contribution >= 4 is 17.7 Å². The van der Waals surface area contributed by atoms with Crippen LogP contribution in [0.15, 0.2) is 0 Å². The van der Waals surface area contributed by atoms with Crippen molar-refractivity contribution in [3.05, 3.63) is 0 Å². The van der Waals surface area contributed by atoms with Crippen LogP contribution in [0.3, 0.4) is 0 Å². The average Bonchev–Trinajstić information content (AvgIpc) is 2.03. The average molecular weight is 191 g/mol. The maximum Gasteiger partial charge on any atom is 0.306 e. The molecular weight excluding hydrogens is 174 g/mol. The Kier molecular flexibility index (Phi) is 7.29. The second kappa shape index (κ2) is 7.43. The Hall–Kier alpha value is -0.220. The van der Waals surface area contributed by atoms with Gasteiger partial charge in [-0.2, -0.15) is 11.8 Å². The summed E-state index contributed by atoms with van der Waals surface area (Å²) in [5.41, 5.74) is 0. The van der Waals surface area contributed by atoms with Crippen molar-refractivity contribution in [2.45, 2.75) is 6.42 Å². The molecule has 0 spiro atoms. The highest BCUT2D eigenvalue weighted by molar-refractivity contribution is 7.99. The Morgan fingerprint density at radius 3 is 2.58 bits per heavy atom. The Bertz CT molecular complexity index is 128. The number of ether oxygens (including phenoxy) is 1. The summed E-state index contributed by atoms with van der Waals surface area (Å²) in [4.78, 5) is 12.8. The molecule has 0 saturated heterocycles. The largest absolute Gasteiger partial charge is 0.469 e. The van der Waals surface area contributed by atoms with Gasteiger partial charge in [-0.1, -0.05) is 0 Å². The molecule has 0 aliphatic rings. The molecule has 4 heteroatoms. The zero-order valence-corrected chi connectivity index (χ0v) is 8.82. The van der Waals surface area contributed by atoms with E-state index in [0.29, 0.717) is 6.42 Å². The van der Waals surface area contributed by atoms with Crippen LogP contribution in [0.25, 0.3) is 0 Å². The Labute approximate surface area is 78.5 Å². The highest BCUT2D eigenvalue weighted by atomic mass is 32.2. The van der Waals surface area contributed by atoms with Crippen LogP contribution < -0.4 is 0 Å². The van der Waals surface area contributed by atoms with Crippen LogP contribution in [0.2, 0.25) is 0 Å². The first-order valence-corrected chi connectivity index (χ1v) is 5.11. The lowest BCUT2D eigenvalue weighted by Gasteiger charge is -2.07. The summed E-state index contributed by atoms with van der Waals surface area (Å²) in [5, 5.41) is 0. The first kappa shape index (κ1) is 11.8. The van der Waals surface area contributed by atoms with Crippen molar-refractivity contribution in [1.82, 2.24) is 4.90 Å². The van der Waals surface area contributed by atoms with E-state index in [-0.39, 0.29) is 5.97 Å². The summed E-state index contributed by atoms with van der Waals surface area (Å²) >= 11 is 1.78. The summed E-state index contributed by atoms with van der Waals surface area (Å²) in [6, 6.07) is 0. The van der Waals surface area contributed by atoms with E-state index in [9.17, 15) is 4.79 Å². The van der Waals surface area contributed by atoms with Gasteiger partial charge < -0.3 is 9.64 Å². The topological polar surface area (TPSA) is 29.5 Å². The van der Waals surface area contributed by atoms with Gasteiger partial charge in [0.05, 0.1) is 13.5 Å². The van der Waals surface area contributed by atoms with E-state index in [1.165, 1.54) is 7.11 Å².